The minimum Gasteiger partial charge on any atom is -0.492 e. The highest BCUT2D eigenvalue weighted by Gasteiger charge is 2.33. The maximum atomic E-state index is 13.1. The van der Waals surface area contributed by atoms with E-state index < -0.39 is 10.0 Å². The highest BCUT2D eigenvalue weighted by atomic mass is 32.2. The Bertz CT molecular complexity index is 943. The molecule has 3 rings (SSSR count). The summed E-state index contributed by atoms with van der Waals surface area (Å²) in [6.45, 7) is 3.92. The summed E-state index contributed by atoms with van der Waals surface area (Å²) in [7, 11) is -3.67. The van der Waals surface area contributed by atoms with Crippen molar-refractivity contribution in [2.45, 2.75) is 26.3 Å². The Morgan fingerprint density at radius 1 is 1.19 bits per heavy atom. The lowest BCUT2D eigenvalue weighted by molar-refractivity contribution is -0.117. The average molecular weight is 388 g/mol. The molecule has 7 heteroatoms. The molecule has 6 nitrogen and oxygen atoms in total. The molecule has 0 radical (unpaired) electrons. The zero-order chi connectivity index (χ0) is 19.6. The van der Waals surface area contributed by atoms with Crippen LogP contribution >= 0.6 is 0 Å². The standard InChI is InChI=1S/C20H24N2O4S/c1-4-26-19-12-8-7-11-18(19)21(27(3,24)25)14-20(23)22-15(2)13-16-9-5-6-10-17(16)22/h5-12,15H,4,13-14H2,1-3H3. The molecule has 1 unspecified atom stereocenters. The molecular weight excluding hydrogens is 364 g/mol. The molecule has 144 valence electrons. The highest BCUT2D eigenvalue weighted by molar-refractivity contribution is 7.92. The molecule has 1 amide bonds. The van der Waals surface area contributed by atoms with Crippen LogP contribution in [-0.2, 0) is 21.2 Å². The number of para-hydroxylation sites is 3. The number of anilines is 2. The Morgan fingerprint density at radius 2 is 1.85 bits per heavy atom. The van der Waals surface area contributed by atoms with Crippen LogP contribution in [0, 0.1) is 0 Å². The lowest BCUT2D eigenvalue weighted by Crippen LogP contribution is -2.45. The van der Waals surface area contributed by atoms with E-state index in [4.69, 9.17) is 4.74 Å². The molecule has 1 aliphatic rings. The summed E-state index contributed by atoms with van der Waals surface area (Å²) in [4.78, 5) is 14.8. The largest absolute Gasteiger partial charge is 0.492 e. The molecule has 1 heterocycles. The molecule has 27 heavy (non-hydrogen) atoms. The first-order valence-corrected chi connectivity index (χ1v) is 10.8. The summed E-state index contributed by atoms with van der Waals surface area (Å²) in [6.07, 6.45) is 1.86. The maximum Gasteiger partial charge on any atom is 0.248 e. The molecule has 0 saturated carbocycles. The first-order chi connectivity index (χ1) is 12.8. The fourth-order valence-electron chi connectivity index (χ4n) is 3.47. The predicted molar refractivity (Wildman–Crippen MR) is 107 cm³/mol. The van der Waals surface area contributed by atoms with Crippen LogP contribution in [0.4, 0.5) is 11.4 Å². The van der Waals surface area contributed by atoms with E-state index in [1.807, 2.05) is 38.1 Å². The van der Waals surface area contributed by atoms with Crippen molar-refractivity contribution in [2.24, 2.45) is 0 Å². The van der Waals surface area contributed by atoms with E-state index >= 15 is 0 Å². The number of rotatable bonds is 6. The normalized spacial score (nSPS) is 16.1. The van der Waals surface area contributed by atoms with Gasteiger partial charge in [0, 0.05) is 11.7 Å². The van der Waals surface area contributed by atoms with Crippen LogP contribution in [0.15, 0.2) is 48.5 Å². The minimum absolute atomic E-state index is 0.0153. The van der Waals surface area contributed by atoms with Crippen LogP contribution in [0.5, 0.6) is 5.75 Å². The van der Waals surface area contributed by atoms with Gasteiger partial charge in [-0.2, -0.15) is 0 Å². The summed E-state index contributed by atoms with van der Waals surface area (Å²) in [6, 6.07) is 14.6. The van der Waals surface area contributed by atoms with E-state index in [0.29, 0.717) is 18.0 Å². The van der Waals surface area contributed by atoms with Crippen LogP contribution in [-0.4, -0.2) is 39.8 Å². The van der Waals surface area contributed by atoms with Crippen LogP contribution in [0.2, 0.25) is 0 Å². The van der Waals surface area contributed by atoms with E-state index in [-0.39, 0.29) is 18.5 Å². The zero-order valence-electron chi connectivity index (χ0n) is 15.8. The Labute approximate surface area is 160 Å². The topological polar surface area (TPSA) is 66.9 Å². The second-order valence-corrected chi connectivity index (χ2v) is 8.52. The Balaban J connectivity index is 1.94. The van der Waals surface area contributed by atoms with Crippen molar-refractivity contribution < 1.29 is 17.9 Å². The smallest absolute Gasteiger partial charge is 0.248 e. The molecule has 0 aliphatic carbocycles. The molecule has 0 fully saturated rings. The molecule has 1 atom stereocenters. The van der Waals surface area contributed by atoms with Gasteiger partial charge in [-0.3, -0.25) is 9.10 Å². The third kappa shape index (κ3) is 3.93. The molecule has 2 aromatic rings. The zero-order valence-corrected chi connectivity index (χ0v) is 16.6. The van der Waals surface area contributed by atoms with Gasteiger partial charge in [0.05, 0.1) is 18.6 Å². The van der Waals surface area contributed by atoms with Crippen LogP contribution in [0.25, 0.3) is 0 Å². The van der Waals surface area contributed by atoms with Gasteiger partial charge in [0.2, 0.25) is 15.9 Å². The Morgan fingerprint density at radius 3 is 2.56 bits per heavy atom. The number of sulfonamides is 1. The van der Waals surface area contributed by atoms with Crippen molar-refractivity contribution in [1.29, 1.82) is 0 Å². The van der Waals surface area contributed by atoms with Crippen molar-refractivity contribution in [1.82, 2.24) is 0 Å². The van der Waals surface area contributed by atoms with Gasteiger partial charge >= 0.3 is 0 Å². The number of hydrogen-bond acceptors (Lipinski definition) is 4. The highest BCUT2D eigenvalue weighted by Crippen LogP contribution is 2.34. The van der Waals surface area contributed by atoms with Gasteiger partial charge in [-0.25, -0.2) is 8.42 Å². The molecular formula is C20H24N2O4S. The number of amides is 1. The number of carbonyl (C=O) groups excluding carboxylic acids is 1. The summed E-state index contributed by atoms with van der Waals surface area (Å²) >= 11 is 0. The first kappa shape index (κ1) is 19.2. The third-order valence-corrected chi connectivity index (χ3v) is 5.72. The summed E-state index contributed by atoms with van der Waals surface area (Å²) in [5, 5.41) is 0. The van der Waals surface area contributed by atoms with Gasteiger partial charge in [0.1, 0.15) is 12.3 Å². The predicted octanol–water partition coefficient (Wildman–Crippen LogP) is 2.83. The number of hydrogen-bond donors (Lipinski definition) is 0. The second kappa shape index (κ2) is 7.60. The van der Waals surface area contributed by atoms with Crippen LogP contribution < -0.4 is 13.9 Å². The van der Waals surface area contributed by atoms with E-state index in [0.717, 1.165) is 28.2 Å². The summed E-state index contributed by atoms with van der Waals surface area (Å²) < 4.78 is 31.6. The molecule has 0 bridgehead atoms. The minimum atomic E-state index is -3.67. The number of fused-ring (bicyclic) bond motifs is 1. The number of carbonyl (C=O) groups is 1. The lowest BCUT2D eigenvalue weighted by atomic mass is 10.1. The van der Waals surface area contributed by atoms with Crippen molar-refractivity contribution in [2.75, 3.05) is 28.6 Å². The number of benzene rings is 2. The van der Waals surface area contributed by atoms with Crippen LogP contribution in [0.1, 0.15) is 19.4 Å². The SMILES string of the molecule is CCOc1ccccc1N(CC(=O)N1c2ccccc2CC1C)S(C)(=O)=O. The molecule has 2 aromatic carbocycles. The van der Waals surface area contributed by atoms with E-state index in [9.17, 15) is 13.2 Å². The fourth-order valence-corrected chi connectivity index (χ4v) is 4.32. The van der Waals surface area contributed by atoms with Gasteiger partial charge in [-0.05, 0) is 44.0 Å². The van der Waals surface area contributed by atoms with Gasteiger partial charge < -0.3 is 9.64 Å². The number of ether oxygens (including phenoxy) is 1. The first-order valence-electron chi connectivity index (χ1n) is 8.92. The van der Waals surface area contributed by atoms with E-state index in [1.54, 1.807) is 29.2 Å². The van der Waals surface area contributed by atoms with Gasteiger partial charge in [-0.15, -0.1) is 0 Å². The average Bonchev–Trinajstić information content (AvgIpc) is 2.95. The molecule has 0 spiro atoms. The van der Waals surface area contributed by atoms with Crippen molar-refractivity contribution >= 4 is 27.3 Å². The van der Waals surface area contributed by atoms with Gasteiger partial charge in [-0.1, -0.05) is 30.3 Å². The Hall–Kier alpha value is -2.54. The molecule has 0 saturated heterocycles. The van der Waals surface area contributed by atoms with Crippen molar-refractivity contribution in [3.8, 4) is 5.75 Å². The fraction of sp³-hybridized carbons (Fsp3) is 0.350. The van der Waals surface area contributed by atoms with Crippen LogP contribution in [0.3, 0.4) is 0 Å². The maximum absolute atomic E-state index is 13.1. The lowest BCUT2D eigenvalue weighted by Gasteiger charge is -2.28. The van der Waals surface area contributed by atoms with Crippen molar-refractivity contribution in [3.05, 3.63) is 54.1 Å². The second-order valence-electron chi connectivity index (χ2n) is 6.62. The Kier molecular flexibility index (Phi) is 5.41. The third-order valence-electron chi connectivity index (χ3n) is 4.59. The van der Waals surface area contributed by atoms with Gasteiger partial charge in [0.15, 0.2) is 0 Å². The van der Waals surface area contributed by atoms with Crippen molar-refractivity contribution in [3.63, 3.8) is 0 Å². The molecule has 0 aromatic heterocycles. The summed E-state index contributed by atoms with van der Waals surface area (Å²) in [5.74, 6) is 0.178. The monoisotopic (exact) mass is 388 g/mol. The van der Waals surface area contributed by atoms with E-state index in [2.05, 4.69) is 0 Å². The quantitative estimate of drug-likeness (QED) is 0.763. The molecule has 0 N–H and O–H groups in total. The van der Waals surface area contributed by atoms with Gasteiger partial charge in [0.25, 0.3) is 0 Å². The summed E-state index contributed by atoms with van der Waals surface area (Å²) in [5.41, 5.74) is 2.32. The molecule has 1 aliphatic heterocycles. The number of nitrogens with zero attached hydrogens (tertiary/aromatic N) is 2. The van der Waals surface area contributed by atoms with E-state index in [1.165, 1.54) is 0 Å².